The summed E-state index contributed by atoms with van der Waals surface area (Å²) in [6.07, 6.45) is 3.14. The van der Waals surface area contributed by atoms with Crippen LogP contribution in [0.1, 0.15) is 0 Å². The highest BCUT2D eigenvalue weighted by Gasteiger charge is 2.12. The number of anilines is 1. The van der Waals surface area contributed by atoms with Gasteiger partial charge in [-0.15, -0.1) is 0 Å². The van der Waals surface area contributed by atoms with Gasteiger partial charge in [-0.25, -0.2) is 0 Å². The fourth-order valence-electron chi connectivity index (χ4n) is 1.56. The Morgan fingerprint density at radius 1 is 1.32 bits per heavy atom. The molecule has 0 spiro atoms. The normalized spacial score (nSPS) is 10.2. The lowest BCUT2D eigenvalue weighted by Gasteiger charge is -2.05. The molecule has 1 aromatic heterocycles. The van der Waals surface area contributed by atoms with Gasteiger partial charge in [0.2, 0.25) is 12.7 Å². The second-order valence-electron chi connectivity index (χ2n) is 3.91. The largest absolute Gasteiger partial charge is 0.503 e. The van der Waals surface area contributed by atoms with E-state index in [-0.39, 0.29) is 18.2 Å². The zero-order valence-electron chi connectivity index (χ0n) is 9.81. The number of aromatic nitrogens is 1. The minimum atomic E-state index is -0.264. The lowest BCUT2D eigenvalue weighted by Crippen LogP contribution is -2.39. The molecule has 98 valence electrons. The predicted molar refractivity (Wildman–Crippen MR) is 73.4 cm³/mol. The van der Waals surface area contributed by atoms with Crippen molar-refractivity contribution in [1.29, 1.82) is 0 Å². The van der Waals surface area contributed by atoms with E-state index in [2.05, 4.69) is 5.32 Å². The summed E-state index contributed by atoms with van der Waals surface area (Å²) in [7, 11) is 0. The van der Waals surface area contributed by atoms with Gasteiger partial charge in [-0.2, -0.15) is 4.57 Å². The first-order valence-electron chi connectivity index (χ1n) is 5.47. The minimum absolute atomic E-state index is 0.0667. The van der Waals surface area contributed by atoms with Gasteiger partial charge in [-0.3, -0.25) is 4.79 Å². The maximum atomic E-state index is 11.8. The zero-order chi connectivity index (χ0) is 13.8. The summed E-state index contributed by atoms with van der Waals surface area (Å²) in [6.45, 7) is 0.0667. The van der Waals surface area contributed by atoms with Gasteiger partial charge in [0.25, 0.3) is 5.91 Å². The van der Waals surface area contributed by atoms with Crippen LogP contribution in [-0.4, -0.2) is 11.0 Å². The van der Waals surface area contributed by atoms with E-state index in [0.29, 0.717) is 15.7 Å². The summed E-state index contributed by atoms with van der Waals surface area (Å²) in [4.78, 5) is 11.8. The minimum Gasteiger partial charge on any atom is -0.503 e. The Bertz CT molecular complexity index is 617. The molecule has 2 aromatic rings. The lowest BCUT2D eigenvalue weighted by atomic mass is 10.3. The van der Waals surface area contributed by atoms with Crippen LogP contribution in [-0.2, 0) is 11.3 Å². The summed E-state index contributed by atoms with van der Waals surface area (Å²) in [5.74, 6) is -0.171. The molecule has 0 aliphatic heterocycles. The second kappa shape index (κ2) is 5.91. The van der Waals surface area contributed by atoms with Gasteiger partial charge in [-0.1, -0.05) is 23.2 Å². The average Bonchev–Trinajstić information content (AvgIpc) is 2.34. The quantitative estimate of drug-likeness (QED) is 0.856. The van der Waals surface area contributed by atoms with E-state index in [1.54, 1.807) is 35.0 Å². The standard InChI is InChI=1S/C13H10Cl2N2O2/c14-9-3-4-11(15)12(6-9)16-13(19)8-17-5-1-2-10(18)7-17/h1-7H,8H2,(H-,16,18,19)/p+1. The van der Waals surface area contributed by atoms with Crippen molar-refractivity contribution in [3.05, 3.63) is 52.8 Å². The molecule has 0 unspecified atom stereocenters. The number of nitrogens with one attached hydrogen (secondary N) is 1. The molecule has 1 heterocycles. The van der Waals surface area contributed by atoms with Crippen molar-refractivity contribution < 1.29 is 14.5 Å². The monoisotopic (exact) mass is 297 g/mol. The zero-order valence-corrected chi connectivity index (χ0v) is 11.3. The molecule has 0 saturated heterocycles. The number of hydrogen-bond donors (Lipinski definition) is 2. The topological polar surface area (TPSA) is 53.2 Å². The third-order valence-electron chi connectivity index (χ3n) is 2.37. The SMILES string of the molecule is O=C(C[n+]1cccc(O)c1)Nc1cc(Cl)ccc1Cl. The van der Waals surface area contributed by atoms with Crippen LogP contribution in [0.5, 0.6) is 5.75 Å². The maximum Gasteiger partial charge on any atom is 0.290 e. The highest BCUT2D eigenvalue weighted by atomic mass is 35.5. The fourth-order valence-corrected chi connectivity index (χ4v) is 1.89. The molecule has 0 aliphatic rings. The predicted octanol–water partition coefficient (Wildman–Crippen LogP) is 2.63. The summed E-state index contributed by atoms with van der Waals surface area (Å²) >= 11 is 11.8. The number of hydrogen-bond acceptors (Lipinski definition) is 2. The van der Waals surface area contributed by atoms with Crippen LogP contribution in [0.2, 0.25) is 10.0 Å². The van der Waals surface area contributed by atoms with E-state index in [0.717, 1.165) is 0 Å². The fraction of sp³-hybridized carbons (Fsp3) is 0.0769. The van der Waals surface area contributed by atoms with Crippen molar-refractivity contribution in [2.45, 2.75) is 6.54 Å². The summed E-state index contributed by atoms with van der Waals surface area (Å²) in [5.41, 5.74) is 0.458. The average molecular weight is 298 g/mol. The molecule has 6 heteroatoms. The molecule has 0 saturated carbocycles. The number of carbonyl (C=O) groups excluding carboxylic acids is 1. The molecule has 0 aliphatic carbocycles. The smallest absolute Gasteiger partial charge is 0.290 e. The molecule has 0 bridgehead atoms. The van der Waals surface area contributed by atoms with Crippen LogP contribution in [0, 0.1) is 0 Å². The first kappa shape index (κ1) is 13.6. The first-order chi connectivity index (χ1) is 9.04. The Hall–Kier alpha value is -1.78. The van der Waals surface area contributed by atoms with Crippen molar-refractivity contribution in [1.82, 2.24) is 0 Å². The number of nitrogens with zero attached hydrogens (tertiary/aromatic N) is 1. The van der Waals surface area contributed by atoms with Gasteiger partial charge in [0.15, 0.2) is 11.9 Å². The summed E-state index contributed by atoms with van der Waals surface area (Å²) < 4.78 is 1.56. The van der Waals surface area contributed by atoms with E-state index in [1.165, 1.54) is 12.3 Å². The molecule has 1 amide bonds. The molecule has 19 heavy (non-hydrogen) atoms. The Kier molecular flexibility index (Phi) is 4.24. The number of amides is 1. The third-order valence-corrected chi connectivity index (χ3v) is 2.94. The molecule has 4 nitrogen and oxygen atoms in total. The highest BCUT2D eigenvalue weighted by molar-refractivity contribution is 6.35. The van der Waals surface area contributed by atoms with Gasteiger partial charge in [0, 0.05) is 11.1 Å². The van der Waals surface area contributed by atoms with E-state index in [9.17, 15) is 9.90 Å². The van der Waals surface area contributed by atoms with Crippen LogP contribution in [0.3, 0.4) is 0 Å². The molecule has 0 radical (unpaired) electrons. The van der Waals surface area contributed by atoms with Crippen molar-refractivity contribution in [2.75, 3.05) is 5.32 Å². The molecule has 0 fully saturated rings. The van der Waals surface area contributed by atoms with Crippen molar-refractivity contribution >= 4 is 34.8 Å². The molecule has 2 rings (SSSR count). The van der Waals surface area contributed by atoms with Crippen LogP contribution < -0.4 is 9.88 Å². The summed E-state index contributed by atoms with van der Waals surface area (Å²) in [6, 6.07) is 8.01. The van der Waals surface area contributed by atoms with Gasteiger partial charge < -0.3 is 10.4 Å². The molecular formula is C13H11Cl2N2O2+. The number of pyridine rings is 1. The number of halogens is 2. The van der Waals surface area contributed by atoms with Crippen molar-refractivity contribution in [3.63, 3.8) is 0 Å². The van der Waals surface area contributed by atoms with Crippen molar-refractivity contribution in [3.8, 4) is 5.75 Å². The Labute approximate surface area is 120 Å². The second-order valence-corrected chi connectivity index (χ2v) is 4.75. The van der Waals surface area contributed by atoms with Gasteiger partial charge in [0.1, 0.15) is 0 Å². The number of aromatic hydroxyl groups is 1. The molecule has 0 atom stereocenters. The first-order valence-corrected chi connectivity index (χ1v) is 6.23. The molecular weight excluding hydrogens is 287 g/mol. The Morgan fingerprint density at radius 3 is 2.84 bits per heavy atom. The van der Waals surface area contributed by atoms with E-state index in [4.69, 9.17) is 23.2 Å². The van der Waals surface area contributed by atoms with Gasteiger partial charge >= 0.3 is 0 Å². The third kappa shape index (κ3) is 3.84. The lowest BCUT2D eigenvalue weighted by molar-refractivity contribution is -0.684. The van der Waals surface area contributed by atoms with Crippen LogP contribution in [0.25, 0.3) is 0 Å². The van der Waals surface area contributed by atoms with Gasteiger partial charge in [-0.05, 0) is 24.3 Å². The van der Waals surface area contributed by atoms with Crippen LogP contribution in [0.4, 0.5) is 5.69 Å². The number of carbonyl (C=O) groups is 1. The number of benzene rings is 1. The van der Waals surface area contributed by atoms with Gasteiger partial charge in [0.05, 0.1) is 10.7 Å². The molecule has 2 N–H and O–H groups in total. The van der Waals surface area contributed by atoms with Crippen LogP contribution >= 0.6 is 23.2 Å². The van der Waals surface area contributed by atoms with E-state index in [1.807, 2.05) is 0 Å². The van der Waals surface area contributed by atoms with Crippen LogP contribution in [0.15, 0.2) is 42.7 Å². The summed E-state index contributed by atoms with van der Waals surface area (Å²) in [5, 5.41) is 12.9. The maximum absolute atomic E-state index is 11.8. The Balaban J connectivity index is 2.07. The van der Waals surface area contributed by atoms with E-state index >= 15 is 0 Å². The molecule has 1 aromatic carbocycles. The highest BCUT2D eigenvalue weighted by Crippen LogP contribution is 2.25. The van der Waals surface area contributed by atoms with E-state index < -0.39 is 0 Å². The Morgan fingerprint density at radius 2 is 2.11 bits per heavy atom. The van der Waals surface area contributed by atoms with Crippen molar-refractivity contribution in [2.24, 2.45) is 0 Å². The number of rotatable bonds is 3.